The molecule has 0 radical (unpaired) electrons. The number of hydrogen-bond donors (Lipinski definition) is 0. The van der Waals surface area contributed by atoms with Crippen LogP contribution < -0.4 is 5.56 Å². The first-order valence-corrected chi connectivity index (χ1v) is 10.8. The number of nitrogens with zero attached hydrogens (tertiary/aromatic N) is 3. The van der Waals surface area contributed by atoms with Crippen molar-refractivity contribution < 1.29 is 0 Å². The molecular weight excluding hydrogens is 382 g/mol. The van der Waals surface area contributed by atoms with E-state index in [2.05, 4.69) is 51.1 Å². The van der Waals surface area contributed by atoms with Gasteiger partial charge >= 0.3 is 0 Å². The summed E-state index contributed by atoms with van der Waals surface area (Å²) in [5, 5.41) is 5.62. The Morgan fingerprint density at radius 3 is 2.45 bits per heavy atom. The van der Waals surface area contributed by atoms with Gasteiger partial charge in [-0.2, -0.15) is 5.10 Å². The van der Waals surface area contributed by atoms with Gasteiger partial charge < -0.3 is 0 Å². The highest BCUT2D eigenvalue weighted by molar-refractivity contribution is 5.87. The highest BCUT2D eigenvalue weighted by Gasteiger charge is 2.15. The molecule has 5 aromatic rings. The molecule has 0 unspecified atom stereocenters. The summed E-state index contributed by atoms with van der Waals surface area (Å²) in [6.07, 6.45) is 0.882. The maximum absolute atomic E-state index is 13.4. The molecule has 4 nitrogen and oxygen atoms in total. The Bertz CT molecular complexity index is 1480. The Balaban J connectivity index is 1.84. The van der Waals surface area contributed by atoms with Crippen LogP contribution in [0.4, 0.5) is 0 Å². The number of hydrogen-bond acceptors (Lipinski definition) is 2. The Labute approximate surface area is 181 Å². The summed E-state index contributed by atoms with van der Waals surface area (Å²) < 4.78 is 3.78. The van der Waals surface area contributed by atoms with Crippen LogP contribution in [0.15, 0.2) is 77.6 Å². The first-order valence-electron chi connectivity index (χ1n) is 10.8. The van der Waals surface area contributed by atoms with Gasteiger partial charge in [-0.1, -0.05) is 61.5 Å². The van der Waals surface area contributed by atoms with E-state index >= 15 is 0 Å². The van der Waals surface area contributed by atoms with Crippen molar-refractivity contribution in [2.45, 2.75) is 33.7 Å². The molecule has 0 amide bonds. The van der Waals surface area contributed by atoms with Gasteiger partial charge in [0.05, 0.1) is 16.6 Å². The SMILES string of the molecule is CCCn1c(=O)c2ccc(-c3cccc(C)c3C)cc2n2nc(-c3ccccc3)cc12. The van der Waals surface area contributed by atoms with E-state index in [1.54, 1.807) is 0 Å². The minimum absolute atomic E-state index is 0.0383. The molecule has 31 heavy (non-hydrogen) atoms. The van der Waals surface area contributed by atoms with Crippen molar-refractivity contribution in [3.63, 3.8) is 0 Å². The first-order chi connectivity index (χ1) is 15.1. The van der Waals surface area contributed by atoms with E-state index in [0.29, 0.717) is 11.9 Å². The van der Waals surface area contributed by atoms with E-state index in [9.17, 15) is 4.79 Å². The van der Waals surface area contributed by atoms with Gasteiger partial charge in [0.25, 0.3) is 5.56 Å². The average molecular weight is 408 g/mol. The third-order valence-electron chi connectivity index (χ3n) is 6.10. The lowest BCUT2D eigenvalue weighted by atomic mass is 9.96. The van der Waals surface area contributed by atoms with Crippen LogP contribution in [-0.2, 0) is 6.54 Å². The molecule has 0 saturated carbocycles. The number of fused-ring (bicyclic) bond motifs is 3. The van der Waals surface area contributed by atoms with E-state index in [1.165, 1.54) is 16.7 Å². The van der Waals surface area contributed by atoms with Crippen LogP contribution in [0.3, 0.4) is 0 Å². The maximum Gasteiger partial charge on any atom is 0.261 e. The Kier molecular flexibility index (Phi) is 4.70. The minimum Gasteiger partial charge on any atom is -0.293 e. The smallest absolute Gasteiger partial charge is 0.261 e. The molecule has 0 bridgehead atoms. The normalized spacial score (nSPS) is 11.5. The zero-order valence-corrected chi connectivity index (χ0v) is 18.1. The Hall–Kier alpha value is -3.66. The third-order valence-corrected chi connectivity index (χ3v) is 6.10. The lowest BCUT2D eigenvalue weighted by molar-refractivity contribution is 0.666. The standard InChI is InChI=1S/C27H25N3O/c1-4-15-29-26-17-24(20-10-6-5-7-11-20)28-30(26)25-16-21(13-14-23(25)27(29)31)22-12-8-9-18(2)19(22)3/h5-14,16-17H,4,15H2,1-3H3. The lowest BCUT2D eigenvalue weighted by Crippen LogP contribution is -2.22. The summed E-state index contributed by atoms with van der Waals surface area (Å²) in [5.74, 6) is 0. The molecule has 0 aliphatic carbocycles. The van der Waals surface area contributed by atoms with Gasteiger partial charge in [-0.3, -0.25) is 9.36 Å². The van der Waals surface area contributed by atoms with Crippen LogP contribution in [0.2, 0.25) is 0 Å². The van der Waals surface area contributed by atoms with E-state index in [-0.39, 0.29) is 5.56 Å². The van der Waals surface area contributed by atoms with Crippen molar-refractivity contribution in [2.24, 2.45) is 0 Å². The van der Waals surface area contributed by atoms with Crippen LogP contribution in [0.25, 0.3) is 38.9 Å². The number of benzene rings is 3. The summed E-state index contributed by atoms with van der Waals surface area (Å²) >= 11 is 0. The minimum atomic E-state index is 0.0383. The van der Waals surface area contributed by atoms with Crippen molar-refractivity contribution in [3.8, 4) is 22.4 Å². The number of rotatable bonds is 4. The van der Waals surface area contributed by atoms with Crippen molar-refractivity contribution in [1.29, 1.82) is 0 Å². The quantitative estimate of drug-likeness (QED) is 0.366. The highest BCUT2D eigenvalue weighted by atomic mass is 16.1. The molecule has 0 atom stereocenters. The molecule has 3 aromatic carbocycles. The van der Waals surface area contributed by atoms with Crippen molar-refractivity contribution in [3.05, 3.63) is 94.3 Å². The molecule has 0 N–H and O–H groups in total. The average Bonchev–Trinajstić information content (AvgIpc) is 3.24. The number of aryl methyl sites for hydroxylation is 2. The Morgan fingerprint density at radius 1 is 0.871 bits per heavy atom. The predicted molar refractivity (Wildman–Crippen MR) is 128 cm³/mol. The van der Waals surface area contributed by atoms with Gasteiger partial charge in [-0.15, -0.1) is 0 Å². The highest BCUT2D eigenvalue weighted by Crippen LogP contribution is 2.29. The summed E-state index contributed by atoms with van der Waals surface area (Å²) in [7, 11) is 0. The summed E-state index contributed by atoms with van der Waals surface area (Å²) in [5.41, 5.74) is 8.41. The van der Waals surface area contributed by atoms with Crippen LogP contribution in [-0.4, -0.2) is 14.2 Å². The topological polar surface area (TPSA) is 39.3 Å². The maximum atomic E-state index is 13.4. The van der Waals surface area contributed by atoms with E-state index in [0.717, 1.165) is 34.4 Å². The summed E-state index contributed by atoms with van der Waals surface area (Å²) in [6.45, 7) is 7.02. The summed E-state index contributed by atoms with van der Waals surface area (Å²) in [4.78, 5) is 13.4. The second-order valence-corrected chi connectivity index (χ2v) is 8.10. The molecule has 0 fully saturated rings. The first kappa shape index (κ1) is 19.3. The zero-order valence-electron chi connectivity index (χ0n) is 18.1. The second-order valence-electron chi connectivity index (χ2n) is 8.10. The fourth-order valence-corrected chi connectivity index (χ4v) is 4.30. The molecule has 0 spiro atoms. The fraction of sp³-hybridized carbons (Fsp3) is 0.185. The summed E-state index contributed by atoms with van der Waals surface area (Å²) in [6, 6.07) is 24.6. The van der Waals surface area contributed by atoms with E-state index in [4.69, 9.17) is 5.10 Å². The van der Waals surface area contributed by atoms with Crippen molar-refractivity contribution in [2.75, 3.05) is 0 Å². The van der Waals surface area contributed by atoms with Crippen LogP contribution in [0.5, 0.6) is 0 Å². The van der Waals surface area contributed by atoms with Gasteiger partial charge in [-0.05, 0) is 54.7 Å². The zero-order chi connectivity index (χ0) is 21.5. The fourth-order valence-electron chi connectivity index (χ4n) is 4.30. The van der Waals surface area contributed by atoms with Gasteiger partial charge in [-0.25, -0.2) is 4.52 Å². The van der Waals surface area contributed by atoms with Crippen LogP contribution in [0, 0.1) is 13.8 Å². The molecule has 0 aliphatic rings. The molecule has 4 heteroatoms. The largest absolute Gasteiger partial charge is 0.293 e. The molecule has 0 saturated heterocycles. The lowest BCUT2D eigenvalue weighted by Gasteiger charge is -2.13. The molecule has 0 aliphatic heterocycles. The van der Waals surface area contributed by atoms with E-state index < -0.39 is 0 Å². The Morgan fingerprint density at radius 2 is 1.68 bits per heavy atom. The molecular formula is C27H25N3O. The number of aromatic nitrogens is 3. The molecule has 2 aromatic heterocycles. The molecule has 154 valence electrons. The second kappa shape index (κ2) is 7.55. The van der Waals surface area contributed by atoms with Crippen molar-refractivity contribution in [1.82, 2.24) is 14.2 Å². The third kappa shape index (κ3) is 3.15. The van der Waals surface area contributed by atoms with Gasteiger partial charge in [0.1, 0.15) is 5.65 Å². The molecule has 5 rings (SSSR count). The van der Waals surface area contributed by atoms with Gasteiger partial charge in [0, 0.05) is 18.2 Å². The van der Waals surface area contributed by atoms with Gasteiger partial charge in [0.15, 0.2) is 0 Å². The van der Waals surface area contributed by atoms with E-state index in [1.807, 2.05) is 51.5 Å². The van der Waals surface area contributed by atoms with Gasteiger partial charge in [0.2, 0.25) is 0 Å². The molecule has 2 heterocycles. The predicted octanol–water partition coefficient (Wildman–Crippen LogP) is 6.01. The van der Waals surface area contributed by atoms with Crippen LogP contribution in [0.1, 0.15) is 24.5 Å². The van der Waals surface area contributed by atoms with Crippen molar-refractivity contribution >= 4 is 16.6 Å². The monoisotopic (exact) mass is 407 g/mol. The van der Waals surface area contributed by atoms with Crippen LogP contribution >= 0.6 is 0 Å².